The van der Waals surface area contributed by atoms with Gasteiger partial charge in [0.25, 0.3) is 5.91 Å². The van der Waals surface area contributed by atoms with Crippen LogP contribution >= 0.6 is 11.3 Å². The van der Waals surface area contributed by atoms with Crippen LogP contribution in [0.5, 0.6) is 0 Å². The molecule has 3 aromatic heterocycles. The summed E-state index contributed by atoms with van der Waals surface area (Å²) in [6.45, 7) is 0.455. The van der Waals surface area contributed by atoms with Gasteiger partial charge in [0.2, 0.25) is 0 Å². The largest absolute Gasteiger partial charge is 0.478 e. The number of aromatic amines is 1. The summed E-state index contributed by atoms with van der Waals surface area (Å²) in [5.41, 5.74) is 2.46. The zero-order chi connectivity index (χ0) is 23.2. The molecule has 1 unspecified atom stereocenters. The van der Waals surface area contributed by atoms with Crippen LogP contribution in [0.2, 0.25) is 0 Å². The number of hydrogen-bond donors (Lipinski definition) is 3. The summed E-state index contributed by atoms with van der Waals surface area (Å²) >= 11 is 1.35. The summed E-state index contributed by atoms with van der Waals surface area (Å²) in [5.74, 6) is -1.31. The molecule has 11 nitrogen and oxygen atoms in total. The Balaban J connectivity index is 1.45. The minimum atomic E-state index is -1.02. The second-order valence-corrected chi connectivity index (χ2v) is 8.03. The van der Waals surface area contributed by atoms with Crippen molar-refractivity contribution in [3.63, 3.8) is 0 Å². The average Bonchev–Trinajstić information content (AvgIpc) is 3.59. The molecule has 0 radical (unpaired) electrons. The van der Waals surface area contributed by atoms with Crippen LogP contribution in [-0.2, 0) is 11.2 Å². The molecule has 3 heterocycles. The van der Waals surface area contributed by atoms with Crippen LogP contribution in [0, 0.1) is 0 Å². The first-order valence-corrected chi connectivity index (χ1v) is 10.9. The van der Waals surface area contributed by atoms with Crippen molar-refractivity contribution in [1.82, 2.24) is 35.3 Å². The van der Waals surface area contributed by atoms with E-state index < -0.39 is 5.97 Å². The summed E-state index contributed by atoms with van der Waals surface area (Å²) in [7, 11) is 1.60. The number of aromatic nitrogens is 6. The predicted molar refractivity (Wildman–Crippen MR) is 119 cm³/mol. The van der Waals surface area contributed by atoms with Gasteiger partial charge in [0, 0.05) is 31.6 Å². The summed E-state index contributed by atoms with van der Waals surface area (Å²) in [6.07, 6.45) is 5.91. The third kappa shape index (κ3) is 5.48. The van der Waals surface area contributed by atoms with Gasteiger partial charge in [0.05, 0.1) is 41.4 Å². The highest BCUT2D eigenvalue weighted by Crippen LogP contribution is 2.21. The van der Waals surface area contributed by atoms with E-state index in [0.717, 1.165) is 5.69 Å². The van der Waals surface area contributed by atoms with Gasteiger partial charge in [-0.25, -0.2) is 19.4 Å². The number of ether oxygens (including phenoxy) is 1. The highest BCUT2D eigenvalue weighted by Gasteiger charge is 2.19. The van der Waals surface area contributed by atoms with Gasteiger partial charge in [0.1, 0.15) is 10.7 Å². The summed E-state index contributed by atoms with van der Waals surface area (Å²) in [4.78, 5) is 35.3. The number of aromatic carboxylic acids is 1. The van der Waals surface area contributed by atoms with E-state index in [-0.39, 0.29) is 17.5 Å². The third-order valence-corrected chi connectivity index (χ3v) is 5.70. The lowest BCUT2D eigenvalue weighted by molar-refractivity contribution is 0.0696. The van der Waals surface area contributed by atoms with Gasteiger partial charge in [0.15, 0.2) is 0 Å². The number of imidazole rings is 1. The Morgan fingerprint density at radius 3 is 3.00 bits per heavy atom. The SMILES string of the molecule is COCCC(Cc1cn(-c2cccc(C(=O)O)c2)nn1)NC(=O)c1csc(-c2cnc[nH]2)n1. The van der Waals surface area contributed by atoms with E-state index >= 15 is 0 Å². The van der Waals surface area contributed by atoms with Crippen LogP contribution in [0.25, 0.3) is 16.4 Å². The molecule has 1 aromatic carbocycles. The number of carboxylic acid groups (broad SMARTS) is 1. The molecule has 0 fully saturated rings. The van der Waals surface area contributed by atoms with Crippen molar-refractivity contribution < 1.29 is 19.4 Å². The smallest absolute Gasteiger partial charge is 0.335 e. The van der Waals surface area contributed by atoms with Gasteiger partial charge in [-0.15, -0.1) is 16.4 Å². The lowest BCUT2D eigenvalue weighted by atomic mass is 10.1. The van der Waals surface area contributed by atoms with Crippen LogP contribution in [0.3, 0.4) is 0 Å². The molecule has 0 saturated carbocycles. The van der Waals surface area contributed by atoms with E-state index in [4.69, 9.17) is 4.74 Å². The molecule has 0 bridgehead atoms. The number of amides is 1. The lowest BCUT2D eigenvalue weighted by Gasteiger charge is -2.16. The molecule has 0 aliphatic carbocycles. The van der Waals surface area contributed by atoms with Crippen LogP contribution in [-0.4, -0.2) is 66.7 Å². The standard InChI is InChI=1S/C21H21N7O4S/c1-32-6-5-14(24-19(29)18-11-33-20(25-18)17-9-22-12-23-17)8-15-10-28(27-26-15)16-4-2-3-13(7-16)21(30)31/h2-4,7,9-12,14H,5-6,8H2,1H3,(H,22,23)(H,24,29)(H,30,31). The van der Waals surface area contributed by atoms with Crippen LogP contribution in [0.1, 0.15) is 33.0 Å². The van der Waals surface area contributed by atoms with Crippen LogP contribution in [0.4, 0.5) is 0 Å². The van der Waals surface area contributed by atoms with Crippen molar-refractivity contribution in [2.24, 2.45) is 0 Å². The monoisotopic (exact) mass is 467 g/mol. The number of methoxy groups -OCH3 is 1. The van der Waals surface area contributed by atoms with Crippen molar-refractivity contribution in [3.8, 4) is 16.4 Å². The maximum absolute atomic E-state index is 12.8. The predicted octanol–water partition coefficient (Wildman–Crippen LogP) is 2.19. The summed E-state index contributed by atoms with van der Waals surface area (Å²) in [5, 5.41) is 22.8. The molecule has 0 saturated heterocycles. The van der Waals surface area contributed by atoms with Crippen molar-refractivity contribution >= 4 is 23.2 Å². The van der Waals surface area contributed by atoms with Crippen molar-refractivity contribution in [1.29, 1.82) is 0 Å². The van der Waals surface area contributed by atoms with E-state index in [0.29, 0.717) is 41.5 Å². The molecule has 4 rings (SSSR count). The lowest BCUT2D eigenvalue weighted by Crippen LogP contribution is -2.37. The molecule has 33 heavy (non-hydrogen) atoms. The minimum Gasteiger partial charge on any atom is -0.478 e. The molecule has 170 valence electrons. The van der Waals surface area contributed by atoms with Crippen molar-refractivity contribution in [2.75, 3.05) is 13.7 Å². The molecule has 1 amide bonds. The number of carboxylic acids is 1. The zero-order valence-electron chi connectivity index (χ0n) is 17.6. The van der Waals surface area contributed by atoms with E-state index in [2.05, 4.69) is 30.6 Å². The fourth-order valence-corrected chi connectivity index (χ4v) is 3.94. The molecule has 12 heteroatoms. The number of carbonyl (C=O) groups excluding carboxylic acids is 1. The molecular weight excluding hydrogens is 446 g/mol. The van der Waals surface area contributed by atoms with Crippen molar-refractivity contribution in [2.45, 2.75) is 18.9 Å². The highest BCUT2D eigenvalue weighted by atomic mass is 32.1. The van der Waals surface area contributed by atoms with Gasteiger partial charge >= 0.3 is 5.97 Å². The molecule has 0 spiro atoms. The second-order valence-electron chi connectivity index (χ2n) is 7.17. The first-order valence-electron chi connectivity index (χ1n) is 10.0. The zero-order valence-corrected chi connectivity index (χ0v) is 18.5. The Hall–Kier alpha value is -3.90. The van der Waals surface area contributed by atoms with Gasteiger partial charge in [-0.3, -0.25) is 4.79 Å². The van der Waals surface area contributed by atoms with Crippen molar-refractivity contribution in [3.05, 3.63) is 65.3 Å². The first-order chi connectivity index (χ1) is 16.0. The Bertz CT molecular complexity index is 1230. The number of nitrogens with one attached hydrogen (secondary N) is 2. The Morgan fingerprint density at radius 2 is 2.24 bits per heavy atom. The normalized spacial score (nSPS) is 11.9. The fraction of sp³-hybridized carbons (Fsp3) is 0.238. The Kier molecular flexibility index (Phi) is 6.86. The molecule has 0 aliphatic heterocycles. The number of H-pyrrole nitrogens is 1. The molecule has 0 aliphatic rings. The van der Waals surface area contributed by atoms with Crippen LogP contribution < -0.4 is 5.32 Å². The molecular formula is C21H21N7O4S. The number of thiazole rings is 1. The van der Waals surface area contributed by atoms with E-state index in [1.54, 1.807) is 43.3 Å². The first kappa shape index (κ1) is 22.3. The maximum atomic E-state index is 12.8. The van der Waals surface area contributed by atoms with Gasteiger partial charge in [-0.05, 0) is 24.6 Å². The Morgan fingerprint density at radius 1 is 1.36 bits per heavy atom. The second kappa shape index (κ2) is 10.1. The molecule has 3 N–H and O–H groups in total. The van der Waals surface area contributed by atoms with Gasteiger partial charge in [-0.2, -0.15) is 0 Å². The number of rotatable bonds is 10. The third-order valence-electron chi connectivity index (χ3n) is 4.83. The van der Waals surface area contributed by atoms with Gasteiger partial charge in [-0.1, -0.05) is 11.3 Å². The number of carbonyl (C=O) groups is 2. The number of benzene rings is 1. The topological polar surface area (TPSA) is 148 Å². The highest BCUT2D eigenvalue weighted by molar-refractivity contribution is 7.13. The minimum absolute atomic E-state index is 0.160. The van der Waals surface area contributed by atoms with Gasteiger partial charge < -0.3 is 20.1 Å². The fourth-order valence-electron chi connectivity index (χ4n) is 3.17. The molecule has 4 aromatic rings. The molecule has 1 atom stereocenters. The van der Waals surface area contributed by atoms with E-state index in [9.17, 15) is 14.7 Å². The average molecular weight is 468 g/mol. The number of hydrogen-bond acceptors (Lipinski definition) is 8. The number of nitrogens with zero attached hydrogens (tertiary/aromatic N) is 5. The van der Waals surface area contributed by atoms with Crippen LogP contribution in [0.15, 0.2) is 48.4 Å². The van der Waals surface area contributed by atoms with E-state index in [1.807, 2.05) is 0 Å². The quantitative estimate of drug-likeness (QED) is 0.321. The summed E-state index contributed by atoms with van der Waals surface area (Å²) < 4.78 is 6.70. The Labute approximate surface area is 192 Å². The maximum Gasteiger partial charge on any atom is 0.335 e. The summed E-state index contributed by atoms with van der Waals surface area (Å²) in [6, 6.07) is 6.16. The van der Waals surface area contributed by atoms with E-state index in [1.165, 1.54) is 28.2 Å².